The van der Waals surface area contributed by atoms with Gasteiger partial charge < -0.3 is 36.3 Å². The summed E-state index contributed by atoms with van der Waals surface area (Å²) in [5.41, 5.74) is 12.9. The van der Waals surface area contributed by atoms with Gasteiger partial charge in [0, 0.05) is 12.5 Å². The number of benzene rings is 1. The minimum atomic E-state index is -4.67. The van der Waals surface area contributed by atoms with E-state index in [2.05, 4.69) is 15.0 Å². The first-order valence-corrected chi connectivity index (χ1v) is 18.9. The molecule has 0 amide bonds. The Bertz CT molecular complexity index is 1800. The van der Waals surface area contributed by atoms with Crippen LogP contribution in [0.3, 0.4) is 0 Å². The number of nitrogen functional groups attached to an aromatic ring is 1. The van der Waals surface area contributed by atoms with Crippen LogP contribution in [0.1, 0.15) is 18.2 Å². The summed E-state index contributed by atoms with van der Waals surface area (Å²) in [7, 11) is -13.4. The van der Waals surface area contributed by atoms with E-state index in [0.29, 0.717) is 16.9 Å². The molecule has 6 atom stereocenters. The van der Waals surface area contributed by atoms with Gasteiger partial charge in [0.15, 0.2) is 17.7 Å². The number of rotatable bonds is 9. The van der Waals surface area contributed by atoms with Crippen molar-refractivity contribution >= 4 is 65.0 Å². The molecule has 3 aromatic rings. The number of ether oxygens (including phenoxy) is 1. The number of carboxylic acids is 1. The summed E-state index contributed by atoms with van der Waals surface area (Å²) in [6, 6.07) is 4.93. The maximum absolute atomic E-state index is 10.6. The Kier molecular flexibility index (Phi) is 16.8. The Morgan fingerprint density at radius 3 is 2.02 bits per heavy atom. The van der Waals surface area contributed by atoms with Gasteiger partial charge in [-0.25, -0.2) is 15.0 Å². The lowest BCUT2D eigenvalue weighted by atomic mass is 10.1. The zero-order valence-corrected chi connectivity index (χ0v) is 28.5. The Morgan fingerprint density at radius 2 is 1.53 bits per heavy atom. The van der Waals surface area contributed by atoms with E-state index in [9.17, 15) is 28.5 Å². The molecule has 0 aliphatic carbocycles. The lowest BCUT2D eigenvalue weighted by Gasteiger charge is -2.16. The molecule has 0 saturated carbocycles. The molecule has 2 aromatic heterocycles. The van der Waals surface area contributed by atoms with Crippen molar-refractivity contribution in [3.05, 3.63) is 42.5 Å². The molecule has 1 aromatic carbocycles. The van der Waals surface area contributed by atoms with Crippen molar-refractivity contribution in [3.63, 3.8) is 0 Å². The lowest BCUT2D eigenvalue weighted by molar-refractivity contribution is -0.307. The highest BCUT2D eigenvalue weighted by Gasteiger charge is 2.45. The van der Waals surface area contributed by atoms with Crippen LogP contribution < -0.4 is 16.6 Å². The summed E-state index contributed by atoms with van der Waals surface area (Å²) in [6.07, 6.45) is 0.537. The zero-order valence-electron chi connectivity index (χ0n) is 25.3. The summed E-state index contributed by atoms with van der Waals surface area (Å²) in [5.74, 6) is -0.692. The van der Waals surface area contributed by atoms with Crippen LogP contribution in [0.4, 0.5) is 5.82 Å². The third-order valence-electron chi connectivity index (χ3n) is 5.77. The third-order valence-corrected chi connectivity index (χ3v) is 7.99. The van der Waals surface area contributed by atoms with E-state index >= 15 is 0 Å². The van der Waals surface area contributed by atoms with Gasteiger partial charge in [0.05, 0.1) is 17.2 Å². The molecular weight excluding hydrogens is 749 g/mol. The van der Waals surface area contributed by atoms with Crippen LogP contribution in [0, 0.1) is 6.92 Å². The number of aromatic nitrogens is 4. The van der Waals surface area contributed by atoms with Crippen LogP contribution in [0.15, 0.2) is 41.8 Å². The van der Waals surface area contributed by atoms with E-state index in [4.69, 9.17) is 60.0 Å². The van der Waals surface area contributed by atoms with E-state index in [1.54, 1.807) is 18.4 Å². The number of aliphatic hydroxyl groups excluding tert-OH is 2. The van der Waals surface area contributed by atoms with Crippen molar-refractivity contribution in [2.75, 3.05) is 24.3 Å². The van der Waals surface area contributed by atoms with E-state index in [0.717, 1.165) is 5.56 Å². The van der Waals surface area contributed by atoms with Crippen molar-refractivity contribution in [2.24, 2.45) is 5.73 Å². The van der Waals surface area contributed by atoms with Crippen molar-refractivity contribution in [3.8, 4) is 0 Å². The molecule has 23 nitrogen and oxygen atoms in total. The number of carbonyl (C=O) groups is 1. The van der Waals surface area contributed by atoms with Crippen molar-refractivity contribution in [1.29, 1.82) is 0 Å². The number of nitrogens with two attached hydrogens (primary N) is 2. The van der Waals surface area contributed by atoms with Gasteiger partial charge in [-0.1, -0.05) is 17.7 Å². The Labute approximate surface area is 282 Å². The molecular formula is C22H34N6O17S4. The number of aryl methyl sites for hydroxylation is 1. The fourth-order valence-electron chi connectivity index (χ4n) is 3.52. The van der Waals surface area contributed by atoms with E-state index < -0.39 is 78.6 Å². The quantitative estimate of drug-likeness (QED) is 0.0754. The van der Waals surface area contributed by atoms with Gasteiger partial charge in [-0.3, -0.25) is 27.3 Å². The highest BCUT2D eigenvalue weighted by atomic mass is 32.3. The normalized spacial score (nSPS) is 20.4. The molecule has 11 N–H and O–H groups in total. The second kappa shape index (κ2) is 18.7. The molecule has 1 fully saturated rings. The van der Waals surface area contributed by atoms with Gasteiger partial charge in [-0.2, -0.15) is 29.4 Å². The van der Waals surface area contributed by atoms with Crippen LogP contribution in [-0.2, 0) is 55.8 Å². The predicted octanol–water partition coefficient (Wildman–Crippen LogP) is -3.39. The molecule has 1 aliphatic rings. The summed E-state index contributed by atoms with van der Waals surface area (Å²) in [4.78, 5) is 22.7. The number of hydrogen-bond donors (Lipinski definition) is 9. The average molecular weight is 783 g/mol. The van der Waals surface area contributed by atoms with Crippen LogP contribution in [0.2, 0.25) is 0 Å². The molecule has 4 rings (SSSR count). The first-order valence-electron chi connectivity index (χ1n) is 12.9. The highest BCUT2D eigenvalue weighted by Crippen LogP contribution is 2.32. The number of carboxylic acid groups (broad SMARTS) is 1. The second-order valence-electron chi connectivity index (χ2n) is 9.59. The molecule has 1 saturated heterocycles. The fourth-order valence-corrected chi connectivity index (χ4v) is 5.07. The second-order valence-corrected chi connectivity index (χ2v) is 14.6. The highest BCUT2D eigenvalue weighted by molar-refractivity contribution is 7.91. The zero-order chi connectivity index (χ0) is 37.9. The van der Waals surface area contributed by atoms with Gasteiger partial charge >= 0.3 is 20.8 Å². The topological polar surface area (TPSA) is 398 Å². The first kappa shape index (κ1) is 43.9. The smallest absolute Gasteiger partial charge is 0.394 e. The summed E-state index contributed by atoms with van der Waals surface area (Å²) >= 11 is -0.603. The molecule has 0 radical (unpaired) electrons. The SMILES string of the molecule is C[S+](CCC(N)C(=O)[O-])OCC1OC(n2cnc3c(N)ncnc32)C(O)C1O.Cc1ccc(S(=O)(=O)O)cc1.O=S(=O)(O)O.O=S(=O)(O)O. The predicted molar refractivity (Wildman–Crippen MR) is 167 cm³/mol. The summed E-state index contributed by atoms with van der Waals surface area (Å²) in [6.45, 7) is 1.85. The Hall–Kier alpha value is -3.16. The lowest BCUT2D eigenvalue weighted by Crippen LogP contribution is -2.43. The molecule has 1 aliphatic heterocycles. The molecule has 0 bridgehead atoms. The van der Waals surface area contributed by atoms with Crippen LogP contribution in [-0.4, -0.2) is 127 Å². The average Bonchev–Trinajstić information content (AvgIpc) is 3.50. The minimum absolute atomic E-state index is 0.0125. The van der Waals surface area contributed by atoms with Gasteiger partial charge in [0.2, 0.25) is 0 Å². The van der Waals surface area contributed by atoms with Gasteiger partial charge in [0.1, 0.15) is 59.9 Å². The molecule has 49 heavy (non-hydrogen) atoms. The number of carbonyl (C=O) groups excluding carboxylic acids is 1. The minimum Gasteiger partial charge on any atom is -0.548 e. The van der Waals surface area contributed by atoms with Gasteiger partial charge in [0.25, 0.3) is 10.1 Å². The van der Waals surface area contributed by atoms with Crippen LogP contribution in [0.5, 0.6) is 0 Å². The summed E-state index contributed by atoms with van der Waals surface area (Å²) in [5, 5.41) is 31.3. The fraction of sp³-hybridized carbons (Fsp3) is 0.455. The Morgan fingerprint density at radius 1 is 1.00 bits per heavy atom. The molecule has 6 unspecified atom stereocenters. The maximum Gasteiger partial charge on any atom is 0.394 e. The monoisotopic (exact) mass is 782 g/mol. The number of anilines is 1. The molecule has 27 heteroatoms. The van der Waals surface area contributed by atoms with Gasteiger partial charge in [-0.15, -0.1) is 0 Å². The number of fused-ring (bicyclic) bond motifs is 1. The number of hydrogen-bond acceptors (Lipinski definition) is 17. The summed E-state index contributed by atoms with van der Waals surface area (Å²) < 4.78 is 106. The molecule has 278 valence electrons. The maximum atomic E-state index is 10.6. The van der Waals surface area contributed by atoms with Crippen molar-refractivity contribution in [2.45, 2.75) is 48.8 Å². The van der Waals surface area contributed by atoms with E-state index in [-0.39, 0.29) is 23.7 Å². The third kappa shape index (κ3) is 16.9. The number of imidazole rings is 1. The van der Waals surface area contributed by atoms with Crippen LogP contribution >= 0.6 is 0 Å². The first-order chi connectivity index (χ1) is 22.3. The number of aliphatic hydroxyl groups is 2. The van der Waals surface area contributed by atoms with Crippen molar-refractivity contribution < 1.29 is 77.1 Å². The van der Waals surface area contributed by atoms with Gasteiger partial charge in [-0.05, 0) is 19.1 Å². The van der Waals surface area contributed by atoms with Crippen molar-refractivity contribution in [1.82, 2.24) is 19.5 Å². The molecule has 3 heterocycles. The molecule has 0 spiro atoms. The largest absolute Gasteiger partial charge is 0.548 e. The van der Waals surface area contributed by atoms with Crippen LogP contribution in [0.25, 0.3) is 11.2 Å². The van der Waals surface area contributed by atoms with E-state index in [1.807, 2.05) is 6.92 Å². The number of aliphatic carboxylic acids is 1. The Balaban J connectivity index is 0.000000465. The van der Waals surface area contributed by atoms with E-state index in [1.165, 1.54) is 29.4 Å². The number of nitrogens with zero attached hydrogens (tertiary/aromatic N) is 4. The standard InChI is InChI=1S/C15H22N6O6S.C7H8O3S.2H2O4S/c1-28(3-2-7(16)15(24)25)26-4-8-10(22)11(23)14(27-8)21-6-20-9-12(17)18-5-19-13(9)21;1-6-2-4-7(5-3-6)11(8,9)10;2*1-5(2,3)4/h5-8,10-11,14,22-23H,2-4,16H2,1H3,(H2-,17,18,19,24,25);2-5H,1H3,(H,8,9,10);2*(H2,1,2,3,4).